The number of nitrogens with zero attached hydrogens (tertiary/aromatic N) is 1. The Kier molecular flexibility index (Phi) is 2.55. The van der Waals surface area contributed by atoms with E-state index < -0.39 is 0 Å². The zero-order valence-electron chi connectivity index (χ0n) is 13.8. The van der Waals surface area contributed by atoms with Gasteiger partial charge >= 0.3 is 0 Å². The van der Waals surface area contributed by atoms with Crippen molar-refractivity contribution >= 4 is 17.3 Å². The van der Waals surface area contributed by atoms with E-state index in [1.807, 2.05) is 18.2 Å². The maximum absolute atomic E-state index is 12.6. The Morgan fingerprint density at radius 3 is 2.50 bits per heavy atom. The van der Waals surface area contributed by atoms with Gasteiger partial charge in [0.15, 0.2) is 0 Å². The maximum Gasteiger partial charge on any atom is 0.226 e. The van der Waals surface area contributed by atoms with E-state index >= 15 is 0 Å². The molecule has 1 N–H and O–H groups in total. The second-order valence-electron chi connectivity index (χ2n) is 8.53. The van der Waals surface area contributed by atoms with Crippen molar-refractivity contribution < 1.29 is 4.79 Å². The van der Waals surface area contributed by atoms with Gasteiger partial charge in [-0.25, -0.2) is 0 Å². The number of nitrogens with one attached hydrogen (secondary N) is 1. The minimum Gasteiger partial charge on any atom is -0.350 e. The zero-order valence-corrected chi connectivity index (χ0v) is 13.8. The number of carbonyl (C=O) groups is 1. The predicted molar refractivity (Wildman–Crippen MR) is 88.2 cm³/mol. The summed E-state index contributed by atoms with van der Waals surface area (Å²) in [6.45, 7) is 8.98. The molecule has 4 rings (SSSR count). The fourth-order valence-corrected chi connectivity index (χ4v) is 5.82. The van der Waals surface area contributed by atoms with Crippen LogP contribution < -0.4 is 5.32 Å². The third-order valence-electron chi connectivity index (χ3n) is 6.22. The van der Waals surface area contributed by atoms with Crippen LogP contribution in [-0.4, -0.2) is 17.2 Å². The Labute approximate surface area is 132 Å². The van der Waals surface area contributed by atoms with Crippen LogP contribution in [0.2, 0.25) is 0 Å². The van der Waals surface area contributed by atoms with Gasteiger partial charge in [-0.15, -0.1) is 0 Å². The summed E-state index contributed by atoms with van der Waals surface area (Å²) in [5.74, 6) is 1.00. The normalized spacial score (nSPS) is 43.5. The van der Waals surface area contributed by atoms with Crippen molar-refractivity contribution in [3.8, 4) is 0 Å². The molecule has 1 heterocycles. The molecule has 22 heavy (non-hydrogen) atoms. The summed E-state index contributed by atoms with van der Waals surface area (Å²) in [5, 5.41) is 3.30. The molecule has 1 aromatic rings. The lowest BCUT2D eigenvalue weighted by atomic mass is 9.74. The van der Waals surface area contributed by atoms with Crippen molar-refractivity contribution in [3.05, 3.63) is 30.3 Å². The van der Waals surface area contributed by atoms with Crippen LogP contribution >= 0.6 is 0 Å². The highest BCUT2D eigenvalue weighted by Gasteiger charge is 2.72. The summed E-state index contributed by atoms with van der Waals surface area (Å²) in [6, 6.07) is 10.2. The molecule has 1 saturated heterocycles. The molecule has 0 radical (unpaired) electrons. The van der Waals surface area contributed by atoms with E-state index in [4.69, 9.17) is 4.99 Å². The van der Waals surface area contributed by atoms with E-state index in [9.17, 15) is 4.79 Å². The van der Waals surface area contributed by atoms with Crippen molar-refractivity contribution in [1.29, 1.82) is 0 Å². The summed E-state index contributed by atoms with van der Waals surface area (Å²) in [5.41, 5.74) is 2.06. The van der Waals surface area contributed by atoms with Gasteiger partial charge in [-0.1, -0.05) is 39.0 Å². The standard InChI is InChI=1S/C19H24N2O/c1-17(2)11-18(3)15-14(17)13(10-19(15,4)21-16(18)22)20-12-8-6-5-7-9-12/h5-9,14-15H,10-11H2,1-4H3,(H,21,22)/t14-,15+,18-,19+/m1/s1. The summed E-state index contributed by atoms with van der Waals surface area (Å²) >= 11 is 0. The van der Waals surface area contributed by atoms with E-state index in [-0.39, 0.29) is 22.3 Å². The van der Waals surface area contributed by atoms with Crippen molar-refractivity contribution in [2.24, 2.45) is 27.7 Å². The molecule has 2 saturated carbocycles. The zero-order chi connectivity index (χ0) is 15.8. The number of carbonyl (C=O) groups excluding carboxylic acids is 1. The molecule has 3 nitrogen and oxygen atoms in total. The van der Waals surface area contributed by atoms with Crippen LogP contribution in [0.15, 0.2) is 35.3 Å². The molecule has 3 fully saturated rings. The number of aliphatic imine (C=N–C) groups is 1. The molecule has 1 aliphatic heterocycles. The molecule has 1 amide bonds. The highest BCUT2D eigenvalue weighted by molar-refractivity contribution is 6.00. The van der Waals surface area contributed by atoms with E-state index in [0.29, 0.717) is 11.8 Å². The molecule has 3 aliphatic rings. The van der Waals surface area contributed by atoms with Gasteiger partial charge < -0.3 is 5.32 Å². The first-order valence-corrected chi connectivity index (χ1v) is 8.21. The van der Waals surface area contributed by atoms with Crippen molar-refractivity contribution in [3.63, 3.8) is 0 Å². The third kappa shape index (κ3) is 1.62. The monoisotopic (exact) mass is 296 g/mol. The Hall–Kier alpha value is -1.64. The average Bonchev–Trinajstić information content (AvgIpc) is 2.91. The summed E-state index contributed by atoms with van der Waals surface area (Å²) < 4.78 is 0. The topological polar surface area (TPSA) is 41.5 Å². The highest BCUT2D eigenvalue weighted by atomic mass is 16.2. The summed E-state index contributed by atoms with van der Waals surface area (Å²) in [6.07, 6.45) is 1.83. The summed E-state index contributed by atoms with van der Waals surface area (Å²) in [7, 11) is 0. The lowest BCUT2D eigenvalue weighted by molar-refractivity contribution is -0.127. The van der Waals surface area contributed by atoms with Crippen LogP contribution in [0, 0.1) is 22.7 Å². The van der Waals surface area contributed by atoms with Gasteiger partial charge in [0, 0.05) is 29.5 Å². The van der Waals surface area contributed by atoms with Gasteiger partial charge in [-0.2, -0.15) is 0 Å². The molecule has 0 spiro atoms. The van der Waals surface area contributed by atoms with Crippen molar-refractivity contribution in [1.82, 2.24) is 5.32 Å². The molecule has 116 valence electrons. The van der Waals surface area contributed by atoms with Crippen molar-refractivity contribution in [2.75, 3.05) is 0 Å². The highest BCUT2D eigenvalue weighted by Crippen LogP contribution is 2.67. The largest absolute Gasteiger partial charge is 0.350 e. The number of amides is 1. The molecule has 0 bridgehead atoms. The lowest BCUT2D eigenvalue weighted by Crippen LogP contribution is -2.41. The van der Waals surface area contributed by atoms with E-state index in [1.165, 1.54) is 5.71 Å². The quantitative estimate of drug-likeness (QED) is 0.843. The molecule has 4 atom stereocenters. The Morgan fingerprint density at radius 1 is 1.14 bits per heavy atom. The Balaban J connectivity index is 1.83. The van der Waals surface area contributed by atoms with Crippen LogP contribution in [-0.2, 0) is 4.79 Å². The minimum absolute atomic E-state index is 0.127. The van der Waals surface area contributed by atoms with E-state index in [0.717, 1.165) is 18.5 Å². The fraction of sp³-hybridized carbons (Fsp3) is 0.579. The van der Waals surface area contributed by atoms with Gasteiger partial charge in [0.05, 0.1) is 11.1 Å². The van der Waals surface area contributed by atoms with Crippen LogP contribution in [0.4, 0.5) is 5.69 Å². The third-order valence-corrected chi connectivity index (χ3v) is 6.22. The number of para-hydroxylation sites is 1. The van der Waals surface area contributed by atoms with Gasteiger partial charge in [0.25, 0.3) is 0 Å². The average molecular weight is 296 g/mol. The molecule has 0 unspecified atom stereocenters. The lowest BCUT2D eigenvalue weighted by Gasteiger charge is -2.29. The molecule has 2 aliphatic carbocycles. The van der Waals surface area contributed by atoms with E-state index in [1.54, 1.807) is 0 Å². The predicted octanol–water partition coefficient (Wildman–Crippen LogP) is 3.72. The first-order valence-electron chi connectivity index (χ1n) is 8.21. The molecular formula is C19H24N2O. The SMILES string of the molecule is CC1(C)C[C@@]2(C)C(=O)N[C@@]3(C)CC(=Nc4ccccc4)[C@@H]1[C@@H]23. The van der Waals surface area contributed by atoms with Crippen LogP contribution in [0.1, 0.15) is 40.5 Å². The fourth-order valence-electron chi connectivity index (χ4n) is 5.82. The second kappa shape index (κ2) is 4.01. The van der Waals surface area contributed by atoms with Crippen LogP contribution in [0.5, 0.6) is 0 Å². The number of hydrogen-bond donors (Lipinski definition) is 1. The van der Waals surface area contributed by atoms with Gasteiger partial charge in [-0.3, -0.25) is 9.79 Å². The van der Waals surface area contributed by atoms with Crippen molar-refractivity contribution in [2.45, 2.75) is 46.1 Å². The minimum atomic E-state index is -0.239. The molecule has 3 heteroatoms. The smallest absolute Gasteiger partial charge is 0.226 e. The van der Waals surface area contributed by atoms with Crippen LogP contribution in [0.3, 0.4) is 0 Å². The van der Waals surface area contributed by atoms with Gasteiger partial charge in [0.2, 0.25) is 5.91 Å². The first kappa shape index (κ1) is 14.0. The van der Waals surface area contributed by atoms with Gasteiger partial charge in [0.1, 0.15) is 0 Å². The second-order valence-corrected chi connectivity index (χ2v) is 8.53. The Morgan fingerprint density at radius 2 is 1.82 bits per heavy atom. The summed E-state index contributed by atoms with van der Waals surface area (Å²) in [4.78, 5) is 17.6. The first-order chi connectivity index (χ1) is 10.3. The molecule has 0 aromatic heterocycles. The van der Waals surface area contributed by atoms with Crippen LogP contribution in [0.25, 0.3) is 0 Å². The number of benzene rings is 1. The van der Waals surface area contributed by atoms with Gasteiger partial charge in [-0.05, 0) is 30.9 Å². The Bertz CT molecular complexity index is 678. The number of hydrogen-bond acceptors (Lipinski definition) is 2. The molecular weight excluding hydrogens is 272 g/mol. The number of rotatable bonds is 1. The van der Waals surface area contributed by atoms with E-state index in [2.05, 4.69) is 45.1 Å². The maximum atomic E-state index is 12.6. The molecule has 1 aromatic carbocycles.